The van der Waals surface area contributed by atoms with Crippen molar-refractivity contribution in [2.75, 3.05) is 6.54 Å². The van der Waals surface area contributed by atoms with Crippen molar-refractivity contribution in [1.82, 2.24) is 10.3 Å². The second-order valence-electron chi connectivity index (χ2n) is 3.19. The molecule has 0 aliphatic carbocycles. The van der Waals surface area contributed by atoms with E-state index >= 15 is 0 Å². The summed E-state index contributed by atoms with van der Waals surface area (Å²) < 4.78 is 0. The van der Waals surface area contributed by atoms with Crippen LogP contribution in [-0.4, -0.2) is 34.3 Å². The summed E-state index contributed by atoms with van der Waals surface area (Å²) in [5, 5.41) is 10.5. The van der Waals surface area contributed by atoms with Crippen LogP contribution in [0.1, 0.15) is 23.2 Å². The number of carbonyl (C=O) groups is 3. The highest BCUT2D eigenvalue weighted by atomic mass is 16.4. The van der Waals surface area contributed by atoms with E-state index in [0.29, 0.717) is 5.56 Å². The Balaban J connectivity index is 2.27. The molecule has 0 aromatic carbocycles. The number of H-pyrrole nitrogens is 1. The number of nitrogens with one attached hydrogen (secondary N) is 2. The Morgan fingerprint density at radius 1 is 1.31 bits per heavy atom. The second kappa shape index (κ2) is 5.69. The third-order valence-corrected chi connectivity index (χ3v) is 1.94. The van der Waals surface area contributed by atoms with Crippen LogP contribution >= 0.6 is 0 Å². The van der Waals surface area contributed by atoms with Gasteiger partial charge in [0.25, 0.3) is 0 Å². The predicted octanol–water partition coefficient (Wildman–Crippen LogP) is 0.178. The van der Waals surface area contributed by atoms with Gasteiger partial charge in [0.15, 0.2) is 5.78 Å². The summed E-state index contributed by atoms with van der Waals surface area (Å²) in [5.41, 5.74) is 0.519. The first-order valence-corrected chi connectivity index (χ1v) is 4.74. The van der Waals surface area contributed by atoms with Crippen LogP contribution in [0.3, 0.4) is 0 Å². The molecule has 0 aliphatic rings. The molecule has 6 nitrogen and oxygen atoms in total. The highest BCUT2D eigenvalue weighted by Gasteiger charge is 2.09. The van der Waals surface area contributed by atoms with E-state index < -0.39 is 18.4 Å². The van der Waals surface area contributed by atoms with Gasteiger partial charge in [0, 0.05) is 30.8 Å². The Hall–Kier alpha value is -2.11. The zero-order valence-corrected chi connectivity index (χ0v) is 8.53. The van der Waals surface area contributed by atoms with Gasteiger partial charge in [-0.2, -0.15) is 0 Å². The van der Waals surface area contributed by atoms with Crippen LogP contribution in [0.2, 0.25) is 0 Å². The smallest absolute Gasteiger partial charge is 0.322 e. The van der Waals surface area contributed by atoms with E-state index in [0.717, 1.165) is 0 Å². The molecule has 0 radical (unpaired) electrons. The maximum absolute atomic E-state index is 11.4. The lowest BCUT2D eigenvalue weighted by Gasteiger charge is -2.00. The summed E-state index contributed by atoms with van der Waals surface area (Å²) in [6.45, 7) is -0.419. The molecule has 1 aromatic rings. The van der Waals surface area contributed by atoms with Crippen LogP contribution in [0.5, 0.6) is 0 Å². The van der Waals surface area contributed by atoms with Crippen molar-refractivity contribution in [3.05, 3.63) is 24.0 Å². The van der Waals surface area contributed by atoms with Crippen molar-refractivity contribution in [3.8, 4) is 0 Å². The predicted molar refractivity (Wildman–Crippen MR) is 55.0 cm³/mol. The minimum atomic E-state index is -1.11. The first-order valence-electron chi connectivity index (χ1n) is 4.74. The summed E-state index contributed by atoms with van der Waals surface area (Å²) in [7, 11) is 0. The van der Waals surface area contributed by atoms with Crippen LogP contribution in [-0.2, 0) is 9.59 Å². The maximum atomic E-state index is 11.4. The zero-order chi connectivity index (χ0) is 12.0. The van der Waals surface area contributed by atoms with Crippen molar-refractivity contribution in [2.45, 2.75) is 12.8 Å². The standard InChI is InChI=1S/C10H12N2O4/c13-8(7-3-4-11-5-7)1-2-9(14)12-6-10(15)16/h3-5,11H,1-2,6H2,(H,12,14)(H,15,16). The van der Waals surface area contributed by atoms with Gasteiger partial charge < -0.3 is 15.4 Å². The maximum Gasteiger partial charge on any atom is 0.322 e. The first-order chi connectivity index (χ1) is 7.59. The number of aliphatic carboxylic acids is 1. The molecule has 1 aromatic heterocycles. The van der Waals surface area contributed by atoms with Crippen LogP contribution < -0.4 is 5.32 Å². The minimum Gasteiger partial charge on any atom is -0.480 e. The number of hydrogen-bond donors (Lipinski definition) is 3. The first kappa shape index (κ1) is 12.0. The highest BCUT2D eigenvalue weighted by molar-refractivity contribution is 5.97. The van der Waals surface area contributed by atoms with Gasteiger partial charge in [0.05, 0.1) is 0 Å². The lowest BCUT2D eigenvalue weighted by Crippen LogP contribution is -2.29. The number of carbonyl (C=O) groups excluding carboxylic acids is 2. The number of Topliss-reactive ketones (excluding diaryl/α,β-unsaturated/α-hetero) is 1. The molecule has 0 saturated heterocycles. The lowest BCUT2D eigenvalue weighted by molar-refractivity contribution is -0.137. The van der Waals surface area contributed by atoms with Gasteiger partial charge in [-0.25, -0.2) is 0 Å². The summed E-state index contributed by atoms with van der Waals surface area (Å²) in [6, 6.07) is 1.62. The van der Waals surface area contributed by atoms with Gasteiger partial charge in [-0.1, -0.05) is 0 Å². The number of amides is 1. The molecule has 0 unspecified atom stereocenters. The monoisotopic (exact) mass is 224 g/mol. The molecule has 1 heterocycles. The summed E-state index contributed by atoms with van der Waals surface area (Å²) >= 11 is 0. The molecular formula is C10H12N2O4. The fraction of sp³-hybridized carbons (Fsp3) is 0.300. The third kappa shape index (κ3) is 3.95. The highest BCUT2D eigenvalue weighted by Crippen LogP contribution is 2.03. The fourth-order valence-corrected chi connectivity index (χ4v) is 1.13. The van der Waals surface area contributed by atoms with E-state index in [9.17, 15) is 14.4 Å². The Kier molecular flexibility index (Phi) is 4.26. The summed E-state index contributed by atoms with van der Waals surface area (Å²) in [4.78, 5) is 35.4. The summed E-state index contributed by atoms with van der Waals surface area (Å²) in [5.74, 6) is -1.69. The quantitative estimate of drug-likeness (QED) is 0.600. The second-order valence-corrected chi connectivity index (χ2v) is 3.19. The van der Waals surface area contributed by atoms with E-state index in [2.05, 4.69) is 10.3 Å². The van der Waals surface area contributed by atoms with Crippen molar-refractivity contribution in [2.24, 2.45) is 0 Å². The van der Waals surface area contributed by atoms with E-state index in [-0.39, 0.29) is 18.6 Å². The largest absolute Gasteiger partial charge is 0.480 e. The number of carboxylic acids is 1. The zero-order valence-electron chi connectivity index (χ0n) is 8.53. The molecule has 0 fully saturated rings. The van der Waals surface area contributed by atoms with Crippen LogP contribution in [0, 0.1) is 0 Å². The van der Waals surface area contributed by atoms with Gasteiger partial charge in [-0.05, 0) is 6.07 Å². The topological polar surface area (TPSA) is 99.3 Å². The Bertz CT molecular complexity index is 384. The Morgan fingerprint density at radius 2 is 2.06 bits per heavy atom. The molecule has 1 amide bonds. The molecule has 0 atom stereocenters. The normalized spacial score (nSPS) is 9.75. The van der Waals surface area contributed by atoms with Gasteiger partial charge in [0.1, 0.15) is 6.54 Å². The molecule has 86 valence electrons. The number of aromatic nitrogens is 1. The molecule has 6 heteroatoms. The van der Waals surface area contributed by atoms with Crippen LogP contribution in [0.15, 0.2) is 18.5 Å². The average Bonchev–Trinajstić information content (AvgIpc) is 2.76. The van der Waals surface area contributed by atoms with Crippen molar-refractivity contribution in [3.63, 3.8) is 0 Å². The van der Waals surface area contributed by atoms with Gasteiger partial charge in [0.2, 0.25) is 5.91 Å². The molecular weight excluding hydrogens is 212 g/mol. The number of carboxylic acid groups (broad SMARTS) is 1. The van der Waals surface area contributed by atoms with E-state index in [1.807, 2.05) is 0 Å². The van der Waals surface area contributed by atoms with Gasteiger partial charge >= 0.3 is 5.97 Å². The molecule has 16 heavy (non-hydrogen) atoms. The molecule has 1 rings (SSSR count). The Morgan fingerprint density at radius 3 is 2.62 bits per heavy atom. The van der Waals surface area contributed by atoms with Crippen molar-refractivity contribution in [1.29, 1.82) is 0 Å². The van der Waals surface area contributed by atoms with Gasteiger partial charge in [-0.3, -0.25) is 14.4 Å². The van der Waals surface area contributed by atoms with E-state index in [1.54, 1.807) is 18.5 Å². The minimum absolute atomic E-state index is 0.00269. The number of hydrogen-bond acceptors (Lipinski definition) is 3. The number of ketones is 1. The van der Waals surface area contributed by atoms with E-state index in [1.165, 1.54) is 0 Å². The SMILES string of the molecule is O=C(O)CNC(=O)CCC(=O)c1cc[nH]c1. The van der Waals surface area contributed by atoms with Gasteiger partial charge in [-0.15, -0.1) is 0 Å². The third-order valence-electron chi connectivity index (χ3n) is 1.94. The van der Waals surface area contributed by atoms with Crippen LogP contribution in [0.25, 0.3) is 0 Å². The molecule has 3 N–H and O–H groups in total. The fourth-order valence-electron chi connectivity index (χ4n) is 1.13. The lowest BCUT2D eigenvalue weighted by atomic mass is 10.1. The average molecular weight is 224 g/mol. The number of aromatic amines is 1. The van der Waals surface area contributed by atoms with E-state index in [4.69, 9.17) is 5.11 Å². The molecule has 0 spiro atoms. The Labute approximate surface area is 91.7 Å². The number of rotatable bonds is 6. The van der Waals surface area contributed by atoms with Crippen molar-refractivity contribution < 1.29 is 19.5 Å². The molecule has 0 saturated carbocycles. The van der Waals surface area contributed by atoms with Crippen LogP contribution in [0.4, 0.5) is 0 Å². The molecule has 0 aliphatic heterocycles. The summed E-state index contributed by atoms with van der Waals surface area (Å²) in [6.07, 6.45) is 3.25. The van der Waals surface area contributed by atoms with Crippen molar-refractivity contribution >= 4 is 17.7 Å². The molecule has 0 bridgehead atoms.